The minimum atomic E-state index is -4.89. The maximum atomic E-state index is 15.7. The van der Waals surface area contributed by atoms with Gasteiger partial charge >= 0.3 is 12.3 Å². The summed E-state index contributed by atoms with van der Waals surface area (Å²) in [6.07, 6.45) is -3.75. The molecule has 0 spiro atoms. The van der Waals surface area contributed by atoms with Gasteiger partial charge in [-0.15, -0.1) is 13.2 Å². The number of ether oxygens (including phenoxy) is 2. The second kappa shape index (κ2) is 17.2. The molecule has 11 heteroatoms. The number of rotatable bonds is 14. The number of benzene rings is 4. The Kier molecular flexibility index (Phi) is 13.0. The van der Waals surface area contributed by atoms with E-state index in [9.17, 15) is 27.6 Å². The second-order valence-corrected chi connectivity index (χ2v) is 12.4. The predicted octanol–water partition coefficient (Wildman–Crippen LogP) is 9.31. The second-order valence-electron chi connectivity index (χ2n) is 12.4. The highest BCUT2D eigenvalue weighted by atomic mass is 19.4. The number of amides is 2. The molecule has 4 rings (SSSR count). The molecule has 7 nitrogen and oxygen atoms in total. The van der Waals surface area contributed by atoms with E-state index in [2.05, 4.69) is 15.4 Å². The number of nitrogens with one attached hydrogen (secondary N) is 2. The Morgan fingerprint density at radius 2 is 1.45 bits per heavy atom. The van der Waals surface area contributed by atoms with Gasteiger partial charge in [0.15, 0.2) is 0 Å². The summed E-state index contributed by atoms with van der Waals surface area (Å²) in [5.41, 5.74) is 6.00. The van der Waals surface area contributed by atoms with Gasteiger partial charge in [-0.2, -0.15) is 0 Å². The number of hydrogen-bond donors (Lipinski definition) is 2. The van der Waals surface area contributed by atoms with Crippen LogP contribution in [0.5, 0.6) is 5.75 Å². The first-order chi connectivity index (χ1) is 24.2. The maximum absolute atomic E-state index is 15.7. The summed E-state index contributed by atoms with van der Waals surface area (Å²) < 4.78 is 63.3. The molecular formula is C40H42F4N2O5. The lowest BCUT2D eigenvalue weighted by atomic mass is 9.78. The van der Waals surface area contributed by atoms with Crippen molar-refractivity contribution in [2.24, 2.45) is 0 Å². The maximum Gasteiger partial charge on any atom is 0.573 e. The lowest BCUT2D eigenvalue weighted by molar-refractivity contribution is -0.274. The molecule has 2 atom stereocenters. The first-order valence-corrected chi connectivity index (χ1v) is 16.8. The molecule has 0 aliphatic heterocycles. The van der Waals surface area contributed by atoms with Crippen LogP contribution in [0.15, 0.2) is 78.9 Å². The van der Waals surface area contributed by atoms with E-state index >= 15 is 4.39 Å². The highest BCUT2D eigenvalue weighted by Gasteiger charge is 2.33. The number of carbonyl (C=O) groups is 3. The fraction of sp³-hybridized carbons (Fsp3) is 0.325. The molecule has 270 valence electrons. The third-order valence-electron chi connectivity index (χ3n) is 8.47. The van der Waals surface area contributed by atoms with Gasteiger partial charge in [0.05, 0.1) is 24.6 Å². The molecular weight excluding hydrogens is 664 g/mol. The van der Waals surface area contributed by atoms with Crippen LogP contribution in [0.4, 0.5) is 23.2 Å². The Hall–Kier alpha value is -5.19. The standard InChI is InChI=1S/C40H42F4N2O5/c1-6-8-32(27-9-11-29(12-10-27)38(48)45-20-19-35(47)50-7-2)37(28-13-16-31(17-14-28)51-40(42,43)44)39(49)46-34-18-15-30(23-33(34)41)36-25(4)21-24(3)22-26(36)5/h9-18,21-23,32,37H,6-8,19-20H2,1-5H3,(H,45,48)(H,46,49)/t32-,37+/m0/s1. The summed E-state index contributed by atoms with van der Waals surface area (Å²) >= 11 is 0. The Morgan fingerprint density at radius 1 is 0.824 bits per heavy atom. The van der Waals surface area contributed by atoms with Crippen LogP contribution in [0.1, 0.15) is 83.1 Å². The lowest BCUT2D eigenvalue weighted by Gasteiger charge is -2.28. The quantitative estimate of drug-likeness (QED) is 0.101. The van der Waals surface area contributed by atoms with Crippen molar-refractivity contribution in [3.63, 3.8) is 0 Å². The lowest BCUT2D eigenvalue weighted by Crippen LogP contribution is -2.28. The Labute approximate surface area is 295 Å². The van der Waals surface area contributed by atoms with Crippen LogP contribution < -0.4 is 15.4 Å². The average Bonchev–Trinajstić information content (AvgIpc) is 3.05. The van der Waals surface area contributed by atoms with Crippen LogP contribution in [0.3, 0.4) is 0 Å². The van der Waals surface area contributed by atoms with Crippen molar-refractivity contribution in [1.82, 2.24) is 5.32 Å². The monoisotopic (exact) mass is 706 g/mol. The van der Waals surface area contributed by atoms with E-state index in [-0.39, 0.29) is 25.3 Å². The SMILES string of the molecule is CCC[C@@H](c1ccc(C(=O)NCCC(=O)OCC)cc1)[C@H](C(=O)Nc1ccc(-c2c(C)cc(C)cc2C)cc1F)c1ccc(OC(F)(F)F)cc1. The van der Waals surface area contributed by atoms with Crippen LogP contribution in [-0.4, -0.2) is 37.3 Å². The summed E-state index contributed by atoms with van der Waals surface area (Å²) in [5.74, 6) is -3.95. The first kappa shape index (κ1) is 38.6. The number of esters is 1. The van der Waals surface area contributed by atoms with E-state index in [0.29, 0.717) is 35.1 Å². The van der Waals surface area contributed by atoms with Gasteiger partial charge in [0.2, 0.25) is 5.91 Å². The zero-order valence-electron chi connectivity index (χ0n) is 29.2. The summed E-state index contributed by atoms with van der Waals surface area (Å²) in [5, 5.41) is 5.41. The number of alkyl halides is 3. The third-order valence-corrected chi connectivity index (χ3v) is 8.47. The molecule has 0 heterocycles. The molecule has 4 aromatic rings. The molecule has 51 heavy (non-hydrogen) atoms. The van der Waals surface area contributed by atoms with E-state index in [1.54, 1.807) is 37.3 Å². The number of hydrogen-bond acceptors (Lipinski definition) is 5. The molecule has 0 fully saturated rings. The molecule has 4 aromatic carbocycles. The topological polar surface area (TPSA) is 93.7 Å². The van der Waals surface area contributed by atoms with Gasteiger partial charge in [0.25, 0.3) is 5.91 Å². The van der Waals surface area contributed by atoms with Gasteiger partial charge in [0.1, 0.15) is 11.6 Å². The predicted molar refractivity (Wildman–Crippen MR) is 188 cm³/mol. The molecule has 0 unspecified atom stereocenters. The van der Waals surface area contributed by atoms with Crippen molar-refractivity contribution in [2.75, 3.05) is 18.5 Å². The third kappa shape index (κ3) is 10.4. The zero-order valence-corrected chi connectivity index (χ0v) is 29.2. The van der Waals surface area contributed by atoms with Crippen LogP contribution in [-0.2, 0) is 14.3 Å². The summed E-state index contributed by atoms with van der Waals surface area (Å²) in [4.78, 5) is 38.5. The molecule has 0 saturated heterocycles. The van der Waals surface area contributed by atoms with Crippen LogP contribution in [0.2, 0.25) is 0 Å². The van der Waals surface area contributed by atoms with Crippen molar-refractivity contribution in [3.8, 4) is 16.9 Å². The van der Waals surface area contributed by atoms with Crippen molar-refractivity contribution >= 4 is 23.5 Å². The van der Waals surface area contributed by atoms with Crippen molar-refractivity contribution in [3.05, 3.63) is 118 Å². The van der Waals surface area contributed by atoms with E-state index < -0.39 is 47.5 Å². The number of carbonyl (C=O) groups excluding carboxylic acids is 3. The van der Waals surface area contributed by atoms with Gasteiger partial charge in [-0.3, -0.25) is 14.4 Å². The largest absolute Gasteiger partial charge is 0.573 e. The van der Waals surface area contributed by atoms with Crippen molar-refractivity contribution < 1.29 is 41.4 Å². The van der Waals surface area contributed by atoms with Gasteiger partial charge in [-0.1, -0.05) is 61.4 Å². The fourth-order valence-corrected chi connectivity index (χ4v) is 6.39. The first-order valence-electron chi connectivity index (χ1n) is 16.8. The van der Waals surface area contributed by atoms with Gasteiger partial charge in [-0.25, -0.2) is 4.39 Å². The van der Waals surface area contributed by atoms with Gasteiger partial charge < -0.3 is 20.1 Å². The minimum Gasteiger partial charge on any atom is -0.466 e. The molecule has 0 aliphatic carbocycles. The van der Waals surface area contributed by atoms with Crippen LogP contribution >= 0.6 is 0 Å². The molecule has 0 radical (unpaired) electrons. The highest BCUT2D eigenvalue weighted by molar-refractivity contribution is 5.97. The number of halogens is 4. The highest BCUT2D eigenvalue weighted by Crippen LogP contribution is 2.39. The Morgan fingerprint density at radius 3 is 2.02 bits per heavy atom. The van der Waals surface area contributed by atoms with E-state index in [0.717, 1.165) is 34.4 Å². The minimum absolute atomic E-state index is 0.0222. The smallest absolute Gasteiger partial charge is 0.466 e. The number of aryl methyl sites for hydroxylation is 3. The van der Waals surface area contributed by atoms with Crippen molar-refractivity contribution in [2.45, 2.75) is 72.1 Å². The number of anilines is 1. The van der Waals surface area contributed by atoms with E-state index in [4.69, 9.17) is 4.74 Å². The van der Waals surface area contributed by atoms with Crippen LogP contribution in [0.25, 0.3) is 11.1 Å². The summed E-state index contributed by atoms with van der Waals surface area (Å²) in [6, 6.07) is 20.3. The van der Waals surface area contributed by atoms with Gasteiger partial charge in [-0.05, 0) is 110 Å². The summed E-state index contributed by atoms with van der Waals surface area (Å²) in [6.45, 7) is 9.86. The average molecular weight is 707 g/mol. The normalized spacial score (nSPS) is 12.5. The molecule has 2 amide bonds. The summed E-state index contributed by atoms with van der Waals surface area (Å²) in [7, 11) is 0. The molecule has 0 bridgehead atoms. The fourth-order valence-electron chi connectivity index (χ4n) is 6.39. The van der Waals surface area contributed by atoms with Gasteiger partial charge in [0, 0.05) is 12.1 Å². The molecule has 0 saturated carbocycles. The van der Waals surface area contributed by atoms with E-state index in [1.165, 1.54) is 24.3 Å². The van der Waals surface area contributed by atoms with Crippen molar-refractivity contribution in [1.29, 1.82) is 0 Å². The Balaban J connectivity index is 1.65. The zero-order chi connectivity index (χ0) is 37.3. The van der Waals surface area contributed by atoms with E-state index in [1.807, 2.05) is 39.8 Å². The van der Waals surface area contributed by atoms with Crippen LogP contribution in [0, 0.1) is 26.6 Å². The molecule has 0 aromatic heterocycles. The molecule has 2 N–H and O–H groups in total. The molecule has 0 aliphatic rings. The Bertz CT molecular complexity index is 1820.